The first-order chi connectivity index (χ1) is 11.2. The third-order valence-corrected chi connectivity index (χ3v) is 3.46. The van der Waals surface area contributed by atoms with Crippen molar-refractivity contribution in [3.63, 3.8) is 0 Å². The molecule has 2 aromatic carbocycles. The van der Waals surface area contributed by atoms with E-state index >= 15 is 0 Å². The maximum atomic E-state index is 11.7. The van der Waals surface area contributed by atoms with E-state index < -0.39 is 0 Å². The van der Waals surface area contributed by atoms with Gasteiger partial charge in [-0.2, -0.15) is 0 Å². The van der Waals surface area contributed by atoms with Gasteiger partial charge in [0.15, 0.2) is 18.1 Å². The second-order valence-corrected chi connectivity index (χ2v) is 5.51. The average Bonchev–Trinajstić information content (AvgIpc) is 2.58. The number of amides is 1. The summed E-state index contributed by atoms with van der Waals surface area (Å²) in [7, 11) is 1.56. The molecule has 6 heteroatoms. The van der Waals surface area contributed by atoms with E-state index in [1.165, 1.54) is 0 Å². The smallest absolute Gasteiger partial charge is 0.258 e. The van der Waals surface area contributed by atoms with Crippen molar-refractivity contribution < 1.29 is 19.0 Å². The summed E-state index contributed by atoms with van der Waals surface area (Å²) in [4.78, 5) is 11.7. The fraction of sp³-hybridized carbons (Fsp3) is 0.235. The van der Waals surface area contributed by atoms with Crippen LogP contribution in [0.2, 0.25) is 0 Å². The van der Waals surface area contributed by atoms with Gasteiger partial charge in [0.1, 0.15) is 12.4 Å². The van der Waals surface area contributed by atoms with Crippen molar-refractivity contribution >= 4 is 21.8 Å². The number of methoxy groups -OCH3 is 1. The van der Waals surface area contributed by atoms with Gasteiger partial charge in [0.05, 0.1) is 13.7 Å². The lowest BCUT2D eigenvalue weighted by atomic mass is 10.3. The van der Waals surface area contributed by atoms with Crippen LogP contribution in [0.5, 0.6) is 17.2 Å². The van der Waals surface area contributed by atoms with Crippen molar-refractivity contribution in [1.29, 1.82) is 0 Å². The van der Waals surface area contributed by atoms with Gasteiger partial charge in [0.2, 0.25) is 0 Å². The zero-order valence-corrected chi connectivity index (χ0v) is 14.3. The largest absolute Gasteiger partial charge is 0.493 e. The number of para-hydroxylation sites is 2. The molecule has 0 atom stereocenters. The summed E-state index contributed by atoms with van der Waals surface area (Å²) in [5, 5.41) is 2.73. The molecule has 5 nitrogen and oxygen atoms in total. The number of rotatable bonds is 8. The minimum Gasteiger partial charge on any atom is -0.493 e. The van der Waals surface area contributed by atoms with E-state index in [9.17, 15) is 4.79 Å². The molecule has 0 radical (unpaired) electrons. The highest BCUT2D eigenvalue weighted by Gasteiger charge is 2.06. The molecule has 122 valence electrons. The monoisotopic (exact) mass is 379 g/mol. The summed E-state index contributed by atoms with van der Waals surface area (Å²) < 4.78 is 17.1. The van der Waals surface area contributed by atoms with Crippen LogP contribution in [0.3, 0.4) is 0 Å². The summed E-state index contributed by atoms with van der Waals surface area (Å²) in [6.07, 6.45) is 0. The molecule has 1 N–H and O–H groups in total. The van der Waals surface area contributed by atoms with Gasteiger partial charge in [-0.1, -0.05) is 28.1 Å². The number of carbonyl (C=O) groups is 1. The van der Waals surface area contributed by atoms with Gasteiger partial charge in [-0.05, 0) is 36.4 Å². The van der Waals surface area contributed by atoms with Gasteiger partial charge in [0, 0.05) is 4.47 Å². The van der Waals surface area contributed by atoms with Gasteiger partial charge in [0.25, 0.3) is 5.91 Å². The Morgan fingerprint density at radius 2 is 1.74 bits per heavy atom. The first kappa shape index (κ1) is 17.1. The Balaban J connectivity index is 1.66. The van der Waals surface area contributed by atoms with Crippen molar-refractivity contribution in [2.75, 3.05) is 26.9 Å². The molecule has 0 saturated heterocycles. The molecule has 2 rings (SSSR count). The number of hydrogen-bond donors (Lipinski definition) is 1. The molecule has 0 fully saturated rings. The Labute approximate surface area is 143 Å². The zero-order valence-electron chi connectivity index (χ0n) is 12.8. The van der Waals surface area contributed by atoms with Crippen molar-refractivity contribution in [2.24, 2.45) is 0 Å². The Morgan fingerprint density at radius 1 is 1.04 bits per heavy atom. The molecular weight excluding hydrogens is 362 g/mol. The highest BCUT2D eigenvalue weighted by Crippen LogP contribution is 2.25. The Bertz CT molecular complexity index is 631. The van der Waals surface area contributed by atoms with Crippen LogP contribution in [0, 0.1) is 0 Å². The summed E-state index contributed by atoms with van der Waals surface area (Å²) in [5.41, 5.74) is 0. The normalized spacial score (nSPS) is 10.0. The molecule has 0 aliphatic heterocycles. The number of halogens is 1. The van der Waals surface area contributed by atoms with Crippen LogP contribution in [0.4, 0.5) is 0 Å². The topological polar surface area (TPSA) is 56.8 Å². The molecule has 23 heavy (non-hydrogen) atoms. The van der Waals surface area contributed by atoms with Gasteiger partial charge >= 0.3 is 0 Å². The van der Waals surface area contributed by atoms with Crippen LogP contribution in [0.15, 0.2) is 53.0 Å². The SMILES string of the molecule is COc1ccccc1OCC(=O)NCCOc1ccc(Br)cc1. The van der Waals surface area contributed by atoms with E-state index in [1.807, 2.05) is 36.4 Å². The number of nitrogens with one attached hydrogen (secondary N) is 1. The number of ether oxygens (including phenoxy) is 3. The molecule has 0 saturated carbocycles. The molecule has 2 aromatic rings. The van der Waals surface area contributed by atoms with Gasteiger partial charge < -0.3 is 19.5 Å². The highest BCUT2D eigenvalue weighted by molar-refractivity contribution is 9.10. The van der Waals surface area contributed by atoms with Crippen LogP contribution >= 0.6 is 15.9 Å². The lowest BCUT2D eigenvalue weighted by Gasteiger charge is -2.11. The molecule has 0 aliphatic rings. The van der Waals surface area contributed by atoms with E-state index in [4.69, 9.17) is 14.2 Å². The summed E-state index contributed by atoms with van der Waals surface area (Å²) in [6, 6.07) is 14.7. The van der Waals surface area contributed by atoms with Crippen LogP contribution in [-0.2, 0) is 4.79 Å². The van der Waals surface area contributed by atoms with Crippen LogP contribution in [0.1, 0.15) is 0 Å². The van der Waals surface area contributed by atoms with Crippen LogP contribution in [0.25, 0.3) is 0 Å². The lowest BCUT2D eigenvalue weighted by Crippen LogP contribution is -2.32. The van der Waals surface area contributed by atoms with E-state index in [1.54, 1.807) is 19.2 Å². The molecule has 0 heterocycles. The highest BCUT2D eigenvalue weighted by atomic mass is 79.9. The van der Waals surface area contributed by atoms with E-state index in [2.05, 4.69) is 21.2 Å². The fourth-order valence-corrected chi connectivity index (χ4v) is 2.09. The summed E-state index contributed by atoms with van der Waals surface area (Å²) in [6.45, 7) is 0.727. The molecule has 0 unspecified atom stereocenters. The predicted octanol–water partition coefficient (Wildman–Crippen LogP) is 3.03. The summed E-state index contributed by atoms with van der Waals surface area (Å²) in [5.74, 6) is 1.68. The Kier molecular flexibility index (Phi) is 6.75. The third-order valence-electron chi connectivity index (χ3n) is 2.93. The number of hydrogen-bond acceptors (Lipinski definition) is 4. The first-order valence-electron chi connectivity index (χ1n) is 7.10. The minimum absolute atomic E-state index is 0.0708. The Morgan fingerprint density at radius 3 is 2.43 bits per heavy atom. The molecule has 0 aromatic heterocycles. The third kappa shape index (κ3) is 5.83. The molecule has 0 bridgehead atoms. The van der Waals surface area contributed by atoms with E-state index in [0.717, 1.165) is 10.2 Å². The molecule has 1 amide bonds. The van der Waals surface area contributed by atoms with Crippen molar-refractivity contribution in [1.82, 2.24) is 5.32 Å². The van der Waals surface area contributed by atoms with Gasteiger partial charge in [-0.15, -0.1) is 0 Å². The fourth-order valence-electron chi connectivity index (χ4n) is 1.82. The minimum atomic E-state index is -0.213. The summed E-state index contributed by atoms with van der Waals surface area (Å²) >= 11 is 3.36. The second kappa shape index (κ2) is 9.05. The van der Waals surface area contributed by atoms with Gasteiger partial charge in [-0.3, -0.25) is 4.79 Å². The molecule has 0 aliphatic carbocycles. The number of benzene rings is 2. The van der Waals surface area contributed by atoms with Crippen LogP contribution in [-0.4, -0.2) is 32.8 Å². The van der Waals surface area contributed by atoms with E-state index in [-0.39, 0.29) is 12.5 Å². The maximum Gasteiger partial charge on any atom is 0.258 e. The molecular formula is C17H18BrNO4. The maximum absolute atomic E-state index is 11.7. The van der Waals surface area contributed by atoms with Crippen molar-refractivity contribution in [3.8, 4) is 17.2 Å². The zero-order chi connectivity index (χ0) is 16.5. The second-order valence-electron chi connectivity index (χ2n) is 4.59. The van der Waals surface area contributed by atoms with E-state index in [0.29, 0.717) is 24.7 Å². The number of carbonyl (C=O) groups excluding carboxylic acids is 1. The van der Waals surface area contributed by atoms with Crippen molar-refractivity contribution in [3.05, 3.63) is 53.0 Å². The molecule has 0 spiro atoms. The van der Waals surface area contributed by atoms with Gasteiger partial charge in [-0.25, -0.2) is 0 Å². The quantitative estimate of drug-likeness (QED) is 0.716. The standard InChI is InChI=1S/C17H18BrNO4/c1-21-15-4-2-3-5-16(15)23-12-17(20)19-10-11-22-14-8-6-13(18)7-9-14/h2-9H,10-12H2,1H3,(H,19,20). The predicted molar refractivity (Wildman–Crippen MR) is 91.1 cm³/mol. The lowest BCUT2D eigenvalue weighted by molar-refractivity contribution is -0.123. The Hall–Kier alpha value is -2.21. The first-order valence-corrected chi connectivity index (χ1v) is 7.89. The van der Waals surface area contributed by atoms with Crippen molar-refractivity contribution in [2.45, 2.75) is 0 Å². The average molecular weight is 380 g/mol. The van der Waals surface area contributed by atoms with Crippen LogP contribution < -0.4 is 19.5 Å².